The Labute approximate surface area is 115 Å². The van der Waals surface area contributed by atoms with Gasteiger partial charge >= 0.3 is 0 Å². The van der Waals surface area contributed by atoms with E-state index in [4.69, 9.17) is 0 Å². The lowest BCUT2D eigenvalue weighted by atomic mass is 10.0. The predicted octanol–water partition coefficient (Wildman–Crippen LogP) is 2.37. The molecule has 2 aliphatic rings. The molecule has 3 rings (SSSR count). The Kier molecular flexibility index (Phi) is 3.50. The van der Waals surface area contributed by atoms with Crippen molar-refractivity contribution >= 4 is 0 Å². The summed E-state index contributed by atoms with van der Waals surface area (Å²) in [6, 6.07) is 7.22. The van der Waals surface area contributed by atoms with Crippen molar-refractivity contribution in [2.45, 2.75) is 45.3 Å². The molecular formula is C16H24N2O. The van der Waals surface area contributed by atoms with E-state index < -0.39 is 0 Å². The van der Waals surface area contributed by atoms with Crippen molar-refractivity contribution in [2.24, 2.45) is 0 Å². The van der Waals surface area contributed by atoms with Gasteiger partial charge in [-0.25, -0.2) is 0 Å². The molecule has 1 aromatic rings. The molecule has 2 saturated heterocycles. The Hall–Kier alpha value is -1.06. The largest absolute Gasteiger partial charge is 0.508 e. The van der Waals surface area contributed by atoms with Crippen molar-refractivity contribution in [1.29, 1.82) is 0 Å². The van der Waals surface area contributed by atoms with Crippen LogP contribution in [-0.4, -0.2) is 46.6 Å². The molecule has 2 heterocycles. The summed E-state index contributed by atoms with van der Waals surface area (Å²) in [6.45, 7) is 8.87. The van der Waals surface area contributed by atoms with Crippen LogP contribution >= 0.6 is 0 Å². The second-order valence-corrected chi connectivity index (χ2v) is 6.20. The van der Waals surface area contributed by atoms with Crippen LogP contribution in [0.5, 0.6) is 5.75 Å². The van der Waals surface area contributed by atoms with Crippen molar-refractivity contribution in [3.63, 3.8) is 0 Å². The first kappa shape index (κ1) is 12.9. The predicted molar refractivity (Wildman–Crippen MR) is 77.3 cm³/mol. The zero-order chi connectivity index (χ0) is 13.4. The zero-order valence-corrected chi connectivity index (χ0v) is 12.0. The fraction of sp³-hybridized carbons (Fsp3) is 0.625. The molecule has 1 N–H and O–H groups in total. The van der Waals surface area contributed by atoms with Crippen LogP contribution in [0.1, 0.15) is 30.9 Å². The number of phenolic OH excluding ortho intramolecular Hbond substituents is 1. The fourth-order valence-corrected chi connectivity index (χ4v) is 3.53. The van der Waals surface area contributed by atoms with Crippen LogP contribution in [0.2, 0.25) is 0 Å². The molecule has 19 heavy (non-hydrogen) atoms. The number of aromatic hydroxyl groups is 1. The molecule has 1 aromatic carbocycles. The Morgan fingerprint density at radius 3 is 3.00 bits per heavy atom. The summed E-state index contributed by atoms with van der Waals surface area (Å²) in [5.74, 6) is 0.437. The van der Waals surface area contributed by atoms with Gasteiger partial charge in [-0.2, -0.15) is 0 Å². The summed E-state index contributed by atoms with van der Waals surface area (Å²) in [7, 11) is 0. The minimum atomic E-state index is 0.437. The maximum Gasteiger partial charge on any atom is 0.120 e. The van der Waals surface area contributed by atoms with Crippen LogP contribution < -0.4 is 0 Å². The van der Waals surface area contributed by atoms with Crippen molar-refractivity contribution in [3.05, 3.63) is 29.3 Å². The minimum absolute atomic E-state index is 0.437. The number of fused-ring (bicyclic) bond motifs is 1. The molecule has 0 aliphatic carbocycles. The van der Waals surface area contributed by atoms with E-state index in [-0.39, 0.29) is 0 Å². The van der Waals surface area contributed by atoms with Crippen molar-refractivity contribution < 1.29 is 5.11 Å². The average Bonchev–Trinajstić information content (AvgIpc) is 2.81. The molecule has 0 aromatic heterocycles. The van der Waals surface area contributed by atoms with E-state index in [1.54, 1.807) is 0 Å². The first-order valence-electron chi connectivity index (χ1n) is 7.40. The summed E-state index contributed by atoms with van der Waals surface area (Å²) < 4.78 is 0. The number of piperazine rings is 1. The lowest BCUT2D eigenvalue weighted by Crippen LogP contribution is -2.54. The van der Waals surface area contributed by atoms with Gasteiger partial charge in [-0.05, 0) is 39.3 Å². The van der Waals surface area contributed by atoms with Crippen LogP contribution in [0.4, 0.5) is 0 Å². The number of aryl methyl sites for hydroxylation is 1. The van der Waals surface area contributed by atoms with Gasteiger partial charge in [-0.3, -0.25) is 9.80 Å². The summed E-state index contributed by atoms with van der Waals surface area (Å²) in [5, 5.41) is 10.0. The van der Waals surface area contributed by atoms with Crippen LogP contribution in [0.3, 0.4) is 0 Å². The van der Waals surface area contributed by atoms with Crippen molar-refractivity contribution in [1.82, 2.24) is 9.80 Å². The minimum Gasteiger partial charge on any atom is -0.508 e. The van der Waals surface area contributed by atoms with Crippen LogP contribution in [-0.2, 0) is 6.54 Å². The van der Waals surface area contributed by atoms with Gasteiger partial charge in [0.2, 0.25) is 0 Å². The highest BCUT2D eigenvalue weighted by atomic mass is 16.3. The highest BCUT2D eigenvalue weighted by molar-refractivity contribution is 5.35. The third-order valence-electron chi connectivity index (χ3n) is 4.67. The lowest BCUT2D eigenvalue weighted by Gasteiger charge is -2.42. The van der Waals surface area contributed by atoms with E-state index >= 15 is 0 Å². The third-order valence-corrected chi connectivity index (χ3v) is 4.67. The third kappa shape index (κ3) is 2.63. The van der Waals surface area contributed by atoms with E-state index in [2.05, 4.69) is 29.7 Å². The van der Waals surface area contributed by atoms with Gasteiger partial charge in [0.25, 0.3) is 0 Å². The molecule has 2 unspecified atom stereocenters. The number of hydrogen-bond acceptors (Lipinski definition) is 3. The smallest absolute Gasteiger partial charge is 0.120 e. The molecular weight excluding hydrogens is 236 g/mol. The average molecular weight is 260 g/mol. The number of nitrogens with zero attached hydrogens (tertiary/aromatic N) is 2. The van der Waals surface area contributed by atoms with Gasteiger partial charge in [0.1, 0.15) is 5.75 Å². The number of phenols is 1. The van der Waals surface area contributed by atoms with Crippen molar-refractivity contribution in [3.8, 4) is 5.75 Å². The molecule has 0 bridgehead atoms. The number of hydrogen-bond donors (Lipinski definition) is 1. The highest BCUT2D eigenvalue weighted by Crippen LogP contribution is 2.27. The molecule has 0 spiro atoms. The highest BCUT2D eigenvalue weighted by Gasteiger charge is 2.34. The fourth-order valence-electron chi connectivity index (χ4n) is 3.53. The van der Waals surface area contributed by atoms with Gasteiger partial charge in [0.05, 0.1) is 0 Å². The maximum atomic E-state index is 10.0. The maximum absolute atomic E-state index is 10.0. The first-order valence-corrected chi connectivity index (χ1v) is 7.40. The molecule has 0 amide bonds. The molecule has 2 fully saturated rings. The normalized spacial score (nSPS) is 28.5. The molecule has 0 saturated carbocycles. The molecule has 3 nitrogen and oxygen atoms in total. The quantitative estimate of drug-likeness (QED) is 0.884. The van der Waals surface area contributed by atoms with E-state index in [9.17, 15) is 5.11 Å². The van der Waals surface area contributed by atoms with Crippen LogP contribution in [0, 0.1) is 6.92 Å². The molecule has 104 valence electrons. The lowest BCUT2D eigenvalue weighted by molar-refractivity contribution is 0.0535. The topological polar surface area (TPSA) is 26.7 Å². The summed E-state index contributed by atoms with van der Waals surface area (Å²) in [4.78, 5) is 5.16. The van der Waals surface area contributed by atoms with E-state index in [1.165, 1.54) is 31.5 Å². The SMILES string of the molecule is Cc1ccc(O)c(CN2CC3CCCN3CC2C)c1. The van der Waals surface area contributed by atoms with Crippen LogP contribution in [0.15, 0.2) is 18.2 Å². The second-order valence-electron chi connectivity index (χ2n) is 6.20. The van der Waals surface area contributed by atoms with E-state index in [0.717, 1.165) is 24.7 Å². The van der Waals surface area contributed by atoms with Gasteiger partial charge in [-0.1, -0.05) is 17.7 Å². The molecule has 3 heteroatoms. The standard InChI is InChI=1S/C16H24N2O/c1-12-5-6-16(19)14(8-12)10-18-11-15-4-3-7-17(15)9-13(18)2/h5-6,8,13,15,19H,3-4,7,9-11H2,1-2H3. The zero-order valence-electron chi connectivity index (χ0n) is 12.0. The molecule has 0 radical (unpaired) electrons. The van der Waals surface area contributed by atoms with Crippen molar-refractivity contribution in [2.75, 3.05) is 19.6 Å². The van der Waals surface area contributed by atoms with E-state index in [1.807, 2.05) is 12.1 Å². The first-order chi connectivity index (χ1) is 9.13. The monoisotopic (exact) mass is 260 g/mol. The Bertz CT molecular complexity index is 460. The van der Waals surface area contributed by atoms with E-state index in [0.29, 0.717) is 11.8 Å². The van der Waals surface area contributed by atoms with Gasteiger partial charge < -0.3 is 5.11 Å². The van der Waals surface area contributed by atoms with Gasteiger partial charge in [0, 0.05) is 37.3 Å². The van der Waals surface area contributed by atoms with Crippen LogP contribution in [0.25, 0.3) is 0 Å². The molecule has 2 atom stereocenters. The second kappa shape index (κ2) is 5.14. The summed E-state index contributed by atoms with van der Waals surface area (Å²) in [5.41, 5.74) is 2.29. The Morgan fingerprint density at radius 1 is 1.32 bits per heavy atom. The number of benzene rings is 1. The Morgan fingerprint density at radius 2 is 2.16 bits per heavy atom. The van der Waals surface area contributed by atoms with Gasteiger partial charge in [0.15, 0.2) is 0 Å². The summed E-state index contributed by atoms with van der Waals surface area (Å²) >= 11 is 0. The Balaban J connectivity index is 1.73. The number of rotatable bonds is 2. The molecule has 2 aliphatic heterocycles. The summed E-state index contributed by atoms with van der Waals surface area (Å²) in [6.07, 6.45) is 2.68. The van der Waals surface area contributed by atoms with Gasteiger partial charge in [-0.15, -0.1) is 0 Å².